The SMILES string of the molecule is CNc1cc(N2CCC3(CC2)CN[C@H](C(=O)O)C3)nc(N)n1. The molecule has 0 aliphatic carbocycles. The quantitative estimate of drug-likeness (QED) is 0.623. The Hall–Kier alpha value is -2.09. The molecule has 1 spiro atoms. The third-order valence-corrected chi connectivity index (χ3v) is 4.79. The van der Waals surface area contributed by atoms with Gasteiger partial charge in [-0.2, -0.15) is 9.97 Å². The number of carbonyl (C=O) groups is 1. The lowest BCUT2D eigenvalue weighted by molar-refractivity contribution is -0.139. The summed E-state index contributed by atoms with van der Waals surface area (Å²) in [7, 11) is 1.80. The molecule has 22 heavy (non-hydrogen) atoms. The van der Waals surface area contributed by atoms with E-state index in [9.17, 15) is 4.79 Å². The van der Waals surface area contributed by atoms with Crippen molar-refractivity contribution in [3.63, 3.8) is 0 Å². The largest absolute Gasteiger partial charge is 0.480 e. The van der Waals surface area contributed by atoms with Crippen LogP contribution < -0.4 is 21.3 Å². The van der Waals surface area contributed by atoms with Gasteiger partial charge in [-0.3, -0.25) is 4.79 Å². The third kappa shape index (κ3) is 2.78. The fourth-order valence-corrected chi connectivity index (χ4v) is 3.43. The molecule has 1 aromatic rings. The Balaban J connectivity index is 1.67. The predicted octanol–water partition coefficient (Wildman–Crippen LogP) is 0.134. The molecule has 8 heteroatoms. The van der Waals surface area contributed by atoms with Gasteiger partial charge in [0.05, 0.1) is 0 Å². The van der Waals surface area contributed by atoms with Crippen LogP contribution in [0.4, 0.5) is 17.6 Å². The zero-order valence-corrected chi connectivity index (χ0v) is 12.7. The van der Waals surface area contributed by atoms with Crippen molar-refractivity contribution < 1.29 is 9.90 Å². The monoisotopic (exact) mass is 306 g/mol. The number of nitrogen functional groups attached to an aromatic ring is 1. The maximum atomic E-state index is 11.1. The minimum Gasteiger partial charge on any atom is -0.480 e. The third-order valence-electron chi connectivity index (χ3n) is 4.79. The van der Waals surface area contributed by atoms with E-state index in [0.717, 1.165) is 38.3 Å². The van der Waals surface area contributed by atoms with E-state index in [1.165, 1.54) is 0 Å². The number of piperidine rings is 1. The summed E-state index contributed by atoms with van der Waals surface area (Å²) in [5.41, 5.74) is 5.85. The van der Waals surface area contributed by atoms with Crippen LogP contribution in [0.15, 0.2) is 6.07 Å². The molecule has 1 atom stereocenters. The van der Waals surface area contributed by atoms with Gasteiger partial charge in [-0.15, -0.1) is 0 Å². The highest BCUT2D eigenvalue weighted by molar-refractivity contribution is 5.74. The number of carboxylic acid groups (broad SMARTS) is 1. The summed E-state index contributed by atoms with van der Waals surface area (Å²) in [6, 6.07) is 1.48. The molecule has 120 valence electrons. The summed E-state index contributed by atoms with van der Waals surface area (Å²) in [4.78, 5) is 21.7. The number of nitrogens with two attached hydrogens (primary N) is 1. The fraction of sp³-hybridized carbons (Fsp3) is 0.643. The van der Waals surface area contributed by atoms with Gasteiger partial charge in [0.25, 0.3) is 0 Å². The standard InChI is InChI=1S/C14H22N6O2/c1-16-10-6-11(19-13(15)18-10)20-4-2-14(3-5-20)7-9(12(21)22)17-8-14/h6,9,17H,2-5,7-8H2,1H3,(H,21,22)(H3,15,16,18,19)/t9-/m0/s1. The predicted molar refractivity (Wildman–Crippen MR) is 83.9 cm³/mol. The van der Waals surface area contributed by atoms with E-state index in [0.29, 0.717) is 12.2 Å². The Kier molecular flexibility index (Phi) is 3.78. The molecule has 2 saturated heterocycles. The summed E-state index contributed by atoms with van der Waals surface area (Å²) in [5.74, 6) is 1.04. The van der Waals surface area contributed by atoms with Gasteiger partial charge in [-0.25, -0.2) is 0 Å². The van der Waals surface area contributed by atoms with Crippen molar-refractivity contribution in [3.05, 3.63) is 6.07 Å². The second-order valence-corrected chi connectivity index (χ2v) is 6.18. The summed E-state index contributed by atoms with van der Waals surface area (Å²) in [6.45, 7) is 2.49. The van der Waals surface area contributed by atoms with E-state index in [1.54, 1.807) is 7.05 Å². The molecule has 0 aromatic carbocycles. The lowest BCUT2D eigenvalue weighted by Crippen LogP contribution is -2.41. The van der Waals surface area contributed by atoms with Gasteiger partial charge < -0.3 is 26.4 Å². The van der Waals surface area contributed by atoms with Gasteiger partial charge in [0.1, 0.15) is 17.7 Å². The highest BCUT2D eigenvalue weighted by Crippen LogP contribution is 2.40. The number of nitrogens with one attached hydrogen (secondary N) is 2. The molecule has 0 unspecified atom stereocenters. The Morgan fingerprint density at radius 2 is 2.23 bits per heavy atom. The highest BCUT2D eigenvalue weighted by atomic mass is 16.4. The number of aliphatic carboxylic acids is 1. The molecule has 0 saturated carbocycles. The maximum Gasteiger partial charge on any atom is 0.320 e. The average molecular weight is 306 g/mol. The number of rotatable bonds is 3. The number of carboxylic acids is 1. The Morgan fingerprint density at radius 3 is 2.82 bits per heavy atom. The van der Waals surface area contributed by atoms with Crippen molar-refractivity contribution >= 4 is 23.6 Å². The van der Waals surface area contributed by atoms with Crippen molar-refractivity contribution in [1.82, 2.24) is 15.3 Å². The van der Waals surface area contributed by atoms with Crippen LogP contribution >= 0.6 is 0 Å². The van der Waals surface area contributed by atoms with Gasteiger partial charge in [-0.1, -0.05) is 0 Å². The molecule has 0 bridgehead atoms. The first-order valence-corrected chi connectivity index (χ1v) is 7.55. The van der Waals surface area contributed by atoms with E-state index in [-0.39, 0.29) is 11.4 Å². The number of anilines is 3. The second-order valence-electron chi connectivity index (χ2n) is 6.18. The van der Waals surface area contributed by atoms with Crippen LogP contribution in [0.25, 0.3) is 0 Å². The van der Waals surface area contributed by atoms with Gasteiger partial charge in [-0.05, 0) is 24.7 Å². The average Bonchev–Trinajstić information content (AvgIpc) is 2.91. The second kappa shape index (κ2) is 5.60. The van der Waals surface area contributed by atoms with Crippen LogP contribution in [-0.4, -0.2) is 53.8 Å². The van der Waals surface area contributed by atoms with Gasteiger partial charge in [0.15, 0.2) is 0 Å². The van der Waals surface area contributed by atoms with E-state index in [4.69, 9.17) is 10.8 Å². The normalized spacial score (nSPS) is 23.7. The molecule has 1 aromatic heterocycles. The number of aromatic nitrogens is 2. The molecular formula is C14H22N6O2. The summed E-state index contributed by atoms with van der Waals surface area (Å²) in [6.07, 6.45) is 2.63. The molecule has 3 rings (SSSR count). The minimum absolute atomic E-state index is 0.101. The van der Waals surface area contributed by atoms with E-state index in [2.05, 4.69) is 25.5 Å². The van der Waals surface area contributed by atoms with Crippen LogP contribution in [0.5, 0.6) is 0 Å². The molecule has 2 fully saturated rings. The highest BCUT2D eigenvalue weighted by Gasteiger charge is 2.43. The fourth-order valence-electron chi connectivity index (χ4n) is 3.43. The Labute approximate surface area is 129 Å². The first kappa shape index (κ1) is 14.8. The number of nitrogens with zero attached hydrogens (tertiary/aromatic N) is 3. The van der Waals surface area contributed by atoms with Crippen molar-refractivity contribution in [1.29, 1.82) is 0 Å². The van der Waals surface area contributed by atoms with Gasteiger partial charge >= 0.3 is 5.97 Å². The van der Waals surface area contributed by atoms with Crippen LogP contribution in [0.1, 0.15) is 19.3 Å². The first-order chi connectivity index (χ1) is 10.5. The molecule has 0 amide bonds. The molecular weight excluding hydrogens is 284 g/mol. The lowest BCUT2D eigenvalue weighted by Gasteiger charge is -2.39. The van der Waals surface area contributed by atoms with Crippen molar-refractivity contribution in [3.8, 4) is 0 Å². The summed E-state index contributed by atoms with van der Waals surface area (Å²) >= 11 is 0. The molecule has 2 aliphatic rings. The van der Waals surface area contributed by atoms with E-state index < -0.39 is 12.0 Å². The van der Waals surface area contributed by atoms with Gasteiger partial charge in [0.2, 0.25) is 5.95 Å². The van der Waals surface area contributed by atoms with Crippen molar-refractivity contribution in [2.45, 2.75) is 25.3 Å². The minimum atomic E-state index is -0.749. The van der Waals surface area contributed by atoms with E-state index >= 15 is 0 Å². The van der Waals surface area contributed by atoms with Crippen LogP contribution in [0, 0.1) is 5.41 Å². The Morgan fingerprint density at radius 1 is 1.50 bits per heavy atom. The van der Waals surface area contributed by atoms with Crippen LogP contribution in [-0.2, 0) is 4.79 Å². The molecule has 2 aliphatic heterocycles. The van der Waals surface area contributed by atoms with Crippen LogP contribution in [0.3, 0.4) is 0 Å². The summed E-state index contributed by atoms with van der Waals surface area (Å²) in [5, 5.41) is 15.2. The lowest BCUT2D eigenvalue weighted by atomic mass is 9.76. The topological polar surface area (TPSA) is 116 Å². The summed E-state index contributed by atoms with van der Waals surface area (Å²) < 4.78 is 0. The number of hydrogen-bond donors (Lipinski definition) is 4. The zero-order chi connectivity index (χ0) is 15.7. The molecule has 5 N–H and O–H groups in total. The zero-order valence-electron chi connectivity index (χ0n) is 12.7. The van der Waals surface area contributed by atoms with Crippen molar-refractivity contribution in [2.24, 2.45) is 5.41 Å². The number of hydrogen-bond acceptors (Lipinski definition) is 7. The first-order valence-electron chi connectivity index (χ1n) is 7.55. The molecule has 8 nitrogen and oxygen atoms in total. The Bertz CT molecular complexity index is 570. The molecule has 3 heterocycles. The molecule has 0 radical (unpaired) electrons. The maximum absolute atomic E-state index is 11.1. The van der Waals surface area contributed by atoms with E-state index in [1.807, 2.05) is 6.07 Å². The van der Waals surface area contributed by atoms with Crippen molar-refractivity contribution in [2.75, 3.05) is 42.6 Å². The smallest absolute Gasteiger partial charge is 0.320 e. The van der Waals surface area contributed by atoms with Crippen LogP contribution in [0.2, 0.25) is 0 Å². The van der Waals surface area contributed by atoms with Gasteiger partial charge in [0, 0.05) is 32.7 Å².